The molecule has 2 aromatic heterocycles. The minimum absolute atomic E-state index is 0.256. The number of carbonyl (C=O) groups excluding carboxylic acids is 1. The van der Waals surface area contributed by atoms with Gasteiger partial charge in [-0.3, -0.25) is 9.59 Å². The number of nitrogen functional groups attached to an aromatic ring is 1. The van der Waals surface area contributed by atoms with E-state index in [-0.39, 0.29) is 17.3 Å². The second kappa shape index (κ2) is 4.44. The van der Waals surface area contributed by atoms with E-state index < -0.39 is 0 Å². The molecule has 86 valence electrons. The Morgan fingerprint density at radius 2 is 2.12 bits per heavy atom. The first kappa shape index (κ1) is 10.8. The summed E-state index contributed by atoms with van der Waals surface area (Å²) < 4.78 is 0. The molecule has 0 saturated carbocycles. The van der Waals surface area contributed by atoms with Crippen molar-refractivity contribution in [2.75, 3.05) is 11.1 Å². The van der Waals surface area contributed by atoms with Crippen molar-refractivity contribution >= 4 is 17.5 Å². The van der Waals surface area contributed by atoms with E-state index in [1.54, 1.807) is 6.07 Å². The van der Waals surface area contributed by atoms with Gasteiger partial charge in [0.1, 0.15) is 5.82 Å². The third kappa shape index (κ3) is 2.65. The Labute approximate surface area is 95.7 Å². The number of hydrogen-bond acceptors (Lipinski definition) is 5. The molecular weight excluding hydrogens is 222 g/mol. The highest BCUT2D eigenvalue weighted by Gasteiger charge is 2.06. The molecule has 0 fully saturated rings. The average molecular weight is 231 g/mol. The second-order valence-electron chi connectivity index (χ2n) is 3.23. The van der Waals surface area contributed by atoms with E-state index in [0.717, 1.165) is 0 Å². The quantitative estimate of drug-likeness (QED) is 0.673. The number of anilines is 2. The first-order valence-electron chi connectivity index (χ1n) is 4.74. The second-order valence-corrected chi connectivity index (χ2v) is 3.23. The monoisotopic (exact) mass is 231 g/mol. The summed E-state index contributed by atoms with van der Waals surface area (Å²) in [5, 5.41) is 8.36. The number of nitrogens with zero attached hydrogens (tertiary/aromatic N) is 2. The summed E-state index contributed by atoms with van der Waals surface area (Å²) in [5.41, 5.74) is 5.42. The van der Waals surface area contributed by atoms with Gasteiger partial charge in [-0.05, 0) is 18.2 Å². The van der Waals surface area contributed by atoms with Crippen LogP contribution in [0.5, 0.6) is 0 Å². The normalized spacial score (nSPS) is 9.88. The van der Waals surface area contributed by atoms with Crippen LogP contribution in [0.4, 0.5) is 11.6 Å². The molecule has 0 radical (unpaired) electrons. The number of nitrogens with two attached hydrogens (primary N) is 1. The standard InChI is InChI=1S/C10H9N5O2/c11-7-2-1-6(5-12-7)10(17)13-8-3-4-9(16)15-14-8/h1-5H,(H2,11,12)(H,15,16)(H,13,14,17). The first-order chi connectivity index (χ1) is 8.15. The van der Waals surface area contributed by atoms with Gasteiger partial charge in [-0.15, -0.1) is 0 Å². The predicted molar refractivity (Wildman–Crippen MR) is 61.5 cm³/mol. The predicted octanol–water partition coefficient (Wildman–Crippen LogP) is -0.000600. The van der Waals surface area contributed by atoms with E-state index in [2.05, 4.69) is 20.5 Å². The van der Waals surface area contributed by atoms with E-state index in [9.17, 15) is 9.59 Å². The molecule has 4 N–H and O–H groups in total. The molecule has 0 aliphatic heterocycles. The van der Waals surface area contributed by atoms with Crippen LogP contribution in [-0.2, 0) is 0 Å². The number of pyridine rings is 1. The number of aromatic amines is 1. The topological polar surface area (TPSA) is 114 Å². The molecule has 0 aliphatic carbocycles. The summed E-state index contributed by atoms with van der Waals surface area (Å²) in [5.74, 6) is 0.215. The fourth-order valence-corrected chi connectivity index (χ4v) is 1.14. The number of nitrogens with one attached hydrogen (secondary N) is 2. The van der Waals surface area contributed by atoms with Crippen molar-refractivity contribution in [2.24, 2.45) is 0 Å². The Hall–Kier alpha value is -2.70. The maximum atomic E-state index is 11.7. The van der Waals surface area contributed by atoms with Crippen LogP contribution in [0, 0.1) is 0 Å². The van der Waals surface area contributed by atoms with Gasteiger partial charge in [-0.1, -0.05) is 0 Å². The van der Waals surface area contributed by atoms with Gasteiger partial charge >= 0.3 is 0 Å². The highest BCUT2D eigenvalue weighted by Crippen LogP contribution is 2.04. The molecule has 0 aromatic carbocycles. The lowest BCUT2D eigenvalue weighted by molar-refractivity contribution is 0.102. The fourth-order valence-electron chi connectivity index (χ4n) is 1.14. The lowest BCUT2D eigenvalue weighted by Crippen LogP contribution is -2.16. The summed E-state index contributed by atoms with van der Waals surface area (Å²) in [7, 11) is 0. The van der Waals surface area contributed by atoms with Gasteiger partial charge in [-0.2, -0.15) is 5.10 Å². The van der Waals surface area contributed by atoms with Crippen LogP contribution in [-0.4, -0.2) is 21.1 Å². The molecule has 7 heteroatoms. The summed E-state index contributed by atoms with van der Waals surface area (Å²) in [6, 6.07) is 5.74. The smallest absolute Gasteiger partial charge is 0.264 e. The molecule has 2 aromatic rings. The molecular formula is C10H9N5O2. The van der Waals surface area contributed by atoms with E-state index >= 15 is 0 Å². The molecule has 0 unspecified atom stereocenters. The number of rotatable bonds is 2. The number of amides is 1. The minimum Gasteiger partial charge on any atom is -0.384 e. The molecule has 2 rings (SSSR count). The highest BCUT2D eigenvalue weighted by molar-refractivity contribution is 6.03. The van der Waals surface area contributed by atoms with Crippen molar-refractivity contribution in [3.8, 4) is 0 Å². The van der Waals surface area contributed by atoms with Crippen LogP contribution in [0.15, 0.2) is 35.3 Å². The Morgan fingerprint density at radius 3 is 2.71 bits per heavy atom. The van der Waals surface area contributed by atoms with Gasteiger partial charge in [0.2, 0.25) is 0 Å². The number of aromatic nitrogens is 3. The van der Waals surface area contributed by atoms with Crippen molar-refractivity contribution < 1.29 is 4.79 Å². The lowest BCUT2D eigenvalue weighted by atomic mass is 10.2. The van der Waals surface area contributed by atoms with Gasteiger partial charge in [0.05, 0.1) is 5.56 Å². The fraction of sp³-hybridized carbons (Fsp3) is 0. The van der Waals surface area contributed by atoms with Gasteiger partial charge in [0, 0.05) is 12.3 Å². The summed E-state index contributed by atoms with van der Waals surface area (Å²) in [6.07, 6.45) is 1.36. The van der Waals surface area contributed by atoms with Crippen LogP contribution in [0.2, 0.25) is 0 Å². The van der Waals surface area contributed by atoms with Crippen molar-refractivity contribution in [3.05, 3.63) is 46.4 Å². The van der Waals surface area contributed by atoms with Crippen LogP contribution in [0.1, 0.15) is 10.4 Å². The molecule has 2 heterocycles. The molecule has 0 spiro atoms. The van der Waals surface area contributed by atoms with Crippen molar-refractivity contribution in [3.63, 3.8) is 0 Å². The van der Waals surface area contributed by atoms with E-state index in [1.807, 2.05) is 0 Å². The van der Waals surface area contributed by atoms with E-state index in [4.69, 9.17) is 5.73 Å². The summed E-state index contributed by atoms with van der Waals surface area (Å²) >= 11 is 0. The minimum atomic E-state index is -0.378. The zero-order chi connectivity index (χ0) is 12.3. The van der Waals surface area contributed by atoms with Crippen molar-refractivity contribution in [2.45, 2.75) is 0 Å². The molecule has 0 bridgehead atoms. The SMILES string of the molecule is Nc1ccc(C(=O)Nc2ccc(=O)[nH]n2)cn1. The van der Waals surface area contributed by atoms with Gasteiger partial charge in [0.15, 0.2) is 5.82 Å². The van der Waals surface area contributed by atoms with Crippen molar-refractivity contribution in [1.82, 2.24) is 15.2 Å². The maximum absolute atomic E-state index is 11.7. The van der Waals surface area contributed by atoms with E-state index in [1.165, 1.54) is 24.4 Å². The molecule has 7 nitrogen and oxygen atoms in total. The largest absolute Gasteiger partial charge is 0.384 e. The molecule has 17 heavy (non-hydrogen) atoms. The average Bonchev–Trinajstić information content (AvgIpc) is 2.33. The highest BCUT2D eigenvalue weighted by atomic mass is 16.2. The Kier molecular flexibility index (Phi) is 2.82. The van der Waals surface area contributed by atoms with Gasteiger partial charge in [0.25, 0.3) is 11.5 Å². The molecule has 0 aliphatic rings. The lowest BCUT2D eigenvalue weighted by Gasteiger charge is -2.03. The van der Waals surface area contributed by atoms with E-state index in [0.29, 0.717) is 11.4 Å². The van der Waals surface area contributed by atoms with Gasteiger partial charge < -0.3 is 11.1 Å². The summed E-state index contributed by atoms with van der Waals surface area (Å²) in [4.78, 5) is 26.2. The first-order valence-corrected chi connectivity index (χ1v) is 4.74. The third-order valence-electron chi connectivity index (χ3n) is 1.97. The van der Waals surface area contributed by atoms with Crippen LogP contribution in [0.25, 0.3) is 0 Å². The third-order valence-corrected chi connectivity index (χ3v) is 1.97. The Balaban J connectivity index is 2.14. The molecule has 0 saturated heterocycles. The zero-order valence-corrected chi connectivity index (χ0v) is 8.68. The zero-order valence-electron chi connectivity index (χ0n) is 8.68. The van der Waals surface area contributed by atoms with Crippen LogP contribution < -0.4 is 16.6 Å². The van der Waals surface area contributed by atoms with Crippen LogP contribution >= 0.6 is 0 Å². The Bertz CT molecular complexity index is 570. The number of carbonyl (C=O) groups is 1. The van der Waals surface area contributed by atoms with Crippen molar-refractivity contribution in [1.29, 1.82) is 0 Å². The van der Waals surface area contributed by atoms with Crippen LogP contribution in [0.3, 0.4) is 0 Å². The molecule has 0 atom stereocenters. The Morgan fingerprint density at radius 1 is 1.29 bits per heavy atom. The molecule has 1 amide bonds. The number of H-pyrrole nitrogens is 1. The number of hydrogen-bond donors (Lipinski definition) is 3. The van der Waals surface area contributed by atoms with Gasteiger partial charge in [-0.25, -0.2) is 10.1 Å². The summed E-state index contributed by atoms with van der Waals surface area (Å²) in [6.45, 7) is 0. The maximum Gasteiger partial charge on any atom is 0.264 e.